The number of hydrogen-bond donors (Lipinski definition) is 1. The number of pyridine rings is 1. The second-order valence-corrected chi connectivity index (χ2v) is 6.12. The van der Waals surface area contributed by atoms with Gasteiger partial charge in [0, 0.05) is 56.2 Å². The van der Waals surface area contributed by atoms with E-state index in [0.29, 0.717) is 5.92 Å². The minimum Gasteiger partial charge on any atom is -0.373 e. The topological polar surface area (TPSA) is 56.4 Å². The predicted molar refractivity (Wildman–Crippen MR) is 86.9 cm³/mol. The summed E-state index contributed by atoms with van der Waals surface area (Å²) in [5.41, 5.74) is 3.56. The molecule has 0 aromatic carbocycles. The maximum atomic E-state index is 5.91. The smallest absolute Gasteiger partial charge is 0.0896 e. The number of aryl methyl sites for hydroxylation is 1. The summed E-state index contributed by atoms with van der Waals surface area (Å²) in [7, 11) is 1.94. The molecule has 0 spiro atoms. The summed E-state index contributed by atoms with van der Waals surface area (Å²) in [5.74, 6) is 0.487. The van der Waals surface area contributed by atoms with Crippen molar-refractivity contribution in [3.63, 3.8) is 0 Å². The summed E-state index contributed by atoms with van der Waals surface area (Å²) in [6.07, 6.45) is 9.11. The molecule has 1 saturated heterocycles. The Kier molecular flexibility index (Phi) is 3.85. The van der Waals surface area contributed by atoms with Crippen LogP contribution in [0.1, 0.15) is 23.7 Å². The Hall–Kier alpha value is -2.18. The zero-order valence-corrected chi connectivity index (χ0v) is 13.2. The van der Waals surface area contributed by atoms with E-state index in [9.17, 15) is 0 Å². The van der Waals surface area contributed by atoms with Crippen LogP contribution in [0.25, 0.3) is 5.52 Å². The lowest BCUT2D eigenvalue weighted by atomic mass is 9.97. The molecular formula is C17H21N5O. The van der Waals surface area contributed by atoms with Gasteiger partial charge in [-0.15, -0.1) is 0 Å². The second-order valence-electron chi connectivity index (χ2n) is 6.12. The van der Waals surface area contributed by atoms with Crippen LogP contribution in [-0.2, 0) is 18.3 Å². The summed E-state index contributed by atoms with van der Waals surface area (Å²) in [6, 6.07) is 6.14. The lowest BCUT2D eigenvalue weighted by molar-refractivity contribution is 0.0904. The Morgan fingerprint density at radius 1 is 1.30 bits per heavy atom. The van der Waals surface area contributed by atoms with Crippen LogP contribution in [-0.4, -0.2) is 32.5 Å². The maximum Gasteiger partial charge on any atom is 0.0896 e. The molecule has 23 heavy (non-hydrogen) atoms. The predicted octanol–water partition coefficient (Wildman–Crippen LogP) is 1.94. The van der Waals surface area contributed by atoms with Gasteiger partial charge in [-0.05, 0) is 18.6 Å². The molecule has 0 saturated carbocycles. The highest BCUT2D eigenvalue weighted by Crippen LogP contribution is 2.33. The van der Waals surface area contributed by atoms with Crippen LogP contribution in [0.2, 0.25) is 0 Å². The lowest BCUT2D eigenvalue weighted by Gasteiger charge is -2.17. The quantitative estimate of drug-likeness (QED) is 0.782. The first-order chi connectivity index (χ1) is 11.3. The molecule has 1 aliphatic rings. The SMILES string of the molecule is Cn1cc(C2OCCC2CNCc2cnn3ccccc23)cn1. The molecule has 0 amide bonds. The van der Waals surface area contributed by atoms with Crippen LogP contribution in [0.5, 0.6) is 0 Å². The van der Waals surface area contributed by atoms with Crippen LogP contribution in [0.4, 0.5) is 0 Å². The number of nitrogens with one attached hydrogen (secondary N) is 1. The number of hydrogen-bond acceptors (Lipinski definition) is 4. The van der Waals surface area contributed by atoms with Gasteiger partial charge in [0.25, 0.3) is 0 Å². The van der Waals surface area contributed by atoms with Crippen molar-refractivity contribution in [3.05, 3.63) is 54.1 Å². The molecule has 0 aliphatic carbocycles. The molecule has 0 bridgehead atoms. The average molecular weight is 311 g/mol. The Labute approximate surface area is 135 Å². The Bertz CT molecular complexity index is 793. The van der Waals surface area contributed by atoms with E-state index in [4.69, 9.17) is 4.74 Å². The van der Waals surface area contributed by atoms with Crippen molar-refractivity contribution < 1.29 is 4.74 Å². The van der Waals surface area contributed by atoms with Crippen molar-refractivity contribution in [2.24, 2.45) is 13.0 Å². The van der Waals surface area contributed by atoms with E-state index in [2.05, 4.69) is 21.6 Å². The first-order valence-electron chi connectivity index (χ1n) is 8.03. The molecule has 4 rings (SSSR count). The van der Waals surface area contributed by atoms with E-state index < -0.39 is 0 Å². The maximum absolute atomic E-state index is 5.91. The van der Waals surface area contributed by atoms with Gasteiger partial charge in [-0.25, -0.2) is 4.52 Å². The monoisotopic (exact) mass is 311 g/mol. The molecule has 1 N–H and O–H groups in total. The zero-order chi connectivity index (χ0) is 15.6. The molecule has 120 valence electrons. The van der Waals surface area contributed by atoms with Crippen molar-refractivity contribution in [3.8, 4) is 0 Å². The minimum absolute atomic E-state index is 0.153. The third-order valence-corrected chi connectivity index (χ3v) is 4.50. The normalized spacial score (nSPS) is 21.3. The Morgan fingerprint density at radius 2 is 2.26 bits per heavy atom. The van der Waals surface area contributed by atoms with E-state index >= 15 is 0 Å². The van der Waals surface area contributed by atoms with Crippen molar-refractivity contribution in [2.45, 2.75) is 19.1 Å². The number of nitrogens with zero attached hydrogens (tertiary/aromatic N) is 4. The molecule has 1 aliphatic heterocycles. The van der Waals surface area contributed by atoms with Crippen LogP contribution in [0, 0.1) is 5.92 Å². The Morgan fingerprint density at radius 3 is 3.13 bits per heavy atom. The Balaban J connectivity index is 1.39. The molecule has 0 radical (unpaired) electrons. The molecule has 6 heteroatoms. The first kappa shape index (κ1) is 14.4. The van der Waals surface area contributed by atoms with E-state index in [0.717, 1.165) is 31.6 Å². The fraction of sp³-hybridized carbons (Fsp3) is 0.412. The molecule has 6 nitrogen and oxygen atoms in total. The largest absolute Gasteiger partial charge is 0.373 e. The molecule has 3 aromatic rings. The van der Waals surface area contributed by atoms with Crippen molar-refractivity contribution in [2.75, 3.05) is 13.2 Å². The number of fused-ring (bicyclic) bond motifs is 1. The third kappa shape index (κ3) is 2.87. The fourth-order valence-corrected chi connectivity index (χ4v) is 3.31. The van der Waals surface area contributed by atoms with Crippen molar-refractivity contribution in [1.29, 1.82) is 0 Å². The molecule has 1 fully saturated rings. The number of rotatable bonds is 5. The lowest BCUT2D eigenvalue weighted by Crippen LogP contribution is -2.24. The highest BCUT2D eigenvalue weighted by Gasteiger charge is 2.30. The van der Waals surface area contributed by atoms with E-state index in [-0.39, 0.29) is 6.10 Å². The molecule has 3 aromatic heterocycles. The van der Waals surface area contributed by atoms with Crippen LogP contribution in [0.3, 0.4) is 0 Å². The number of aromatic nitrogens is 4. The van der Waals surface area contributed by atoms with Gasteiger partial charge in [0.15, 0.2) is 0 Å². The van der Waals surface area contributed by atoms with Gasteiger partial charge in [0.2, 0.25) is 0 Å². The van der Waals surface area contributed by atoms with E-state index in [1.807, 2.05) is 53.2 Å². The first-order valence-corrected chi connectivity index (χ1v) is 8.03. The average Bonchev–Trinajstić information content (AvgIpc) is 3.27. The summed E-state index contributed by atoms with van der Waals surface area (Å²) >= 11 is 0. The van der Waals surface area contributed by atoms with Gasteiger partial charge in [-0.3, -0.25) is 4.68 Å². The minimum atomic E-state index is 0.153. The van der Waals surface area contributed by atoms with E-state index in [1.165, 1.54) is 11.1 Å². The van der Waals surface area contributed by atoms with Gasteiger partial charge in [-0.1, -0.05) is 6.07 Å². The summed E-state index contributed by atoms with van der Waals surface area (Å²) in [6.45, 7) is 2.58. The van der Waals surface area contributed by atoms with Gasteiger partial charge in [0.1, 0.15) is 0 Å². The summed E-state index contributed by atoms with van der Waals surface area (Å²) in [5, 5.41) is 12.2. The van der Waals surface area contributed by atoms with Crippen LogP contribution in [0.15, 0.2) is 43.0 Å². The van der Waals surface area contributed by atoms with Crippen LogP contribution < -0.4 is 5.32 Å². The van der Waals surface area contributed by atoms with Gasteiger partial charge < -0.3 is 10.1 Å². The molecule has 2 unspecified atom stereocenters. The highest BCUT2D eigenvalue weighted by atomic mass is 16.5. The second kappa shape index (κ2) is 6.14. The summed E-state index contributed by atoms with van der Waals surface area (Å²) < 4.78 is 9.66. The standard InChI is InChI=1S/C17H21N5O/c1-21-12-15(11-19-21)17-13(5-7-23-17)8-18-9-14-10-20-22-6-3-2-4-16(14)22/h2-4,6,10-13,17-18H,5,7-9H2,1H3. The fourth-order valence-electron chi connectivity index (χ4n) is 3.31. The van der Waals surface area contributed by atoms with Gasteiger partial charge >= 0.3 is 0 Å². The van der Waals surface area contributed by atoms with Crippen molar-refractivity contribution >= 4 is 5.52 Å². The summed E-state index contributed by atoms with van der Waals surface area (Å²) in [4.78, 5) is 0. The molecule has 2 atom stereocenters. The van der Waals surface area contributed by atoms with Gasteiger partial charge in [-0.2, -0.15) is 10.2 Å². The zero-order valence-electron chi connectivity index (χ0n) is 13.2. The van der Waals surface area contributed by atoms with Gasteiger partial charge in [0.05, 0.1) is 24.0 Å². The molecule has 4 heterocycles. The number of ether oxygens (including phenoxy) is 1. The van der Waals surface area contributed by atoms with Crippen molar-refractivity contribution in [1.82, 2.24) is 24.7 Å². The highest BCUT2D eigenvalue weighted by molar-refractivity contribution is 5.53. The van der Waals surface area contributed by atoms with Crippen LogP contribution >= 0.6 is 0 Å². The third-order valence-electron chi connectivity index (χ3n) is 4.50. The molecular weight excluding hydrogens is 290 g/mol. The van der Waals surface area contributed by atoms with E-state index in [1.54, 1.807) is 0 Å².